The summed E-state index contributed by atoms with van der Waals surface area (Å²) in [6, 6.07) is 17.4. The fourth-order valence-corrected chi connectivity index (χ4v) is 2.13. The highest BCUT2D eigenvalue weighted by molar-refractivity contribution is 5.49. The maximum Gasteiger partial charge on any atom is 0.0992 e. The van der Waals surface area contributed by atoms with Crippen LogP contribution in [0.2, 0.25) is 0 Å². The van der Waals surface area contributed by atoms with Gasteiger partial charge in [0.15, 0.2) is 0 Å². The van der Waals surface area contributed by atoms with Gasteiger partial charge in [-0.15, -0.1) is 0 Å². The van der Waals surface area contributed by atoms with Crippen molar-refractivity contribution in [3.8, 4) is 6.07 Å². The van der Waals surface area contributed by atoms with E-state index in [4.69, 9.17) is 5.26 Å². The highest BCUT2D eigenvalue weighted by Gasteiger charge is 2.08. The standard InChI is InChI=1S/C18H20N2O/c1-13(2)15-6-8-16(9-7-15)18(21)12-20-17-5-3-4-14(10-17)11-19/h3-10,13,18,20-21H,12H2,1-2H3. The molecule has 21 heavy (non-hydrogen) atoms. The van der Waals surface area contributed by atoms with E-state index >= 15 is 0 Å². The fraction of sp³-hybridized carbons (Fsp3) is 0.278. The lowest BCUT2D eigenvalue weighted by Gasteiger charge is -2.14. The van der Waals surface area contributed by atoms with E-state index in [0.29, 0.717) is 18.0 Å². The molecule has 2 N–H and O–H groups in total. The minimum atomic E-state index is -0.572. The Morgan fingerprint density at radius 3 is 2.38 bits per heavy atom. The molecule has 0 saturated heterocycles. The zero-order valence-electron chi connectivity index (χ0n) is 12.4. The maximum atomic E-state index is 10.2. The maximum absolute atomic E-state index is 10.2. The van der Waals surface area contributed by atoms with E-state index in [9.17, 15) is 5.11 Å². The zero-order valence-corrected chi connectivity index (χ0v) is 12.4. The van der Waals surface area contributed by atoms with E-state index in [1.54, 1.807) is 12.1 Å². The van der Waals surface area contributed by atoms with E-state index in [-0.39, 0.29) is 0 Å². The SMILES string of the molecule is CC(C)c1ccc(C(O)CNc2cccc(C#N)c2)cc1. The summed E-state index contributed by atoms with van der Waals surface area (Å²) in [4.78, 5) is 0. The monoisotopic (exact) mass is 280 g/mol. The summed E-state index contributed by atoms with van der Waals surface area (Å²) in [5.41, 5.74) is 3.60. The van der Waals surface area contributed by atoms with Gasteiger partial charge in [-0.3, -0.25) is 0 Å². The highest BCUT2D eigenvalue weighted by Crippen LogP contribution is 2.19. The second kappa shape index (κ2) is 6.92. The van der Waals surface area contributed by atoms with Crippen LogP contribution >= 0.6 is 0 Å². The van der Waals surface area contributed by atoms with Crippen molar-refractivity contribution in [2.24, 2.45) is 0 Å². The van der Waals surface area contributed by atoms with Crippen molar-refractivity contribution >= 4 is 5.69 Å². The van der Waals surface area contributed by atoms with Gasteiger partial charge in [0, 0.05) is 12.2 Å². The van der Waals surface area contributed by atoms with Crippen LogP contribution in [0.1, 0.15) is 42.6 Å². The molecular formula is C18H20N2O. The minimum Gasteiger partial charge on any atom is -0.387 e. The van der Waals surface area contributed by atoms with Gasteiger partial charge in [-0.25, -0.2) is 0 Å². The van der Waals surface area contributed by atoms with Crippen LogP contribution in [0.4, 0.5) is 5.69 Å². The van der Waals surface area contributed by atoms with Gasteiger partial charge in [0.25, 0.3) is 0 Å². The van der Waals surface area contributed by atoms with Gasteiger partial charge in [0.2, 0.25) is 0 Å². The summed E-state index contributed by atoms with van der Waals surface area (Å²) in [6.45, 7) is 4.71. The van der Waals surface area contributed by atoms with E-state index in [1.165, 1.54) is 5.56 Å². The van der Waals surface area contributed by atoms with Crippen molar-refractivity contribution in [3.05, 3.63) is 65.2 Å². The van der Waals surface area contributed by atoms with Crippen LogP contribution in [0.5, 0.6) is 0 Å². The predicted molar refractivity (Wildman–Crippen MR) is 85.1 cm³/mol. The predicted octanol–water partition coefficient (Wildman–Crippen LogP) is 3.83. The van der Waals surface area contributed by atoms with E-state index in [2.05, 4.69) is 37.4 Å². The third kappa shape index (κ3) is 4.08. The molecule has 3 heteroatoms. The van der Waals surface area contributed by atoms with Gasteiger partial charge in [0.05, 0.1) is 17.7 Å². The summed E-state index contributed by atoms with van der Waals surface area (Å²) in [7, 11) is 0. The van der Waals surface area contributed by atoms with Gasteiger partial charge < -0.3 is 10.4 Å². The van der Waals surface area contributed by atoms with Crippen LogP contribution in [0.3, 0.4) is 0 Å². The minimum absolute atomic E-state index is 0.413. The first-order chi connectivity index (χ1) is 10.1. The largest absolute Gasteiger partial charge is 0.387 e. The molecule has 0 aliphatic heterocycles. The molecule has 2 rings (SSSR count). The zero-order chi connectivity index (χ0) is 15.2. The Kier molecular flexibility index (Phi) is 4.97. The molecule has 0 heterocycles. The number of anilines is 1. The second-order valence-electron chi connectivity index (χ2n) is 5.41. The number of nitrogens with zero attached hydrogens (tertiary/aromatic N) is 1. The van der Waals surface area contributed by atoms with E-state index in [0.717, 1.165) is 11.3 Å². The molecular weight excluding hydrogens is 260 g/mol. The number of rotatable bonds is 5. The van der Waals surface area contributed by atoms with E-state index in [1.807, 2.05) is 24.3 Å². The van der Waals surface area contributed by atoms with Gasteiger partial charge in [-0.2, -0.15) is 5.26 Å². The van der Waals surface area contributed by atoms with Crippen LogP contribution in [-0.2, 0) is 0 Å². The number of nitriles is 1. The number of aliphatic hydroxyl groups is 1. The summed E-state index contributed by atoms with van der Waals surface area (Å²) in [5, 5.41) is 22.2. The molecule has 2 aromatic carbocycles. The lowest BCUT2D eigenvalue weighted by atomic mass is 10.00. The van der Waals surface area contributed by atoms with Crippen molar-refractivity contribution in [2.45, 2.75) is 25.9 Å². The highest BCUT2D eigenvalue weighted by atomic mass is 16.3. The molecule has 0 bridgehead atoms. The van der Waals surface area contributed by atoms with Crippen molar-refractivity contribution in [1.29, 1.82) is 5.26 Å². The first-order valence-electron chi connectivity index (χ1n) is 7.12. The van der Waals surface area contributed by atoms with Crippen LogP contribution in [0.25, 0.3) is 0 Å². The number of hydrogen-bond donors (Lipinski definition) is 2. The first kappa shape index (κ1) is 15.1. The topological polar surface area (TPSA) is 56.0 Å². The molecule has 1 unspecified atom stereocenters. The molecule has 2 aromatic rings. The molecule has 0 spiro atoms. The summed E-state index contributed by atoms with van der Waals surface area (Å²) in [6.07, 6.45) is -0.572. The summed E-state index contributed by atoms with van der Waals surface area (Å²) >= 11 is 0. The van der Waals surface area contributed by atoms with Gasteiger partial charge >= 0.3 is 0 Å². The normalized spacial score (nSPS) is 12.0. The molecule has 3 nitrogen and oxygen atoms in total. The summed E-state index contributed by atoms with van der Waals surface area (Å²) < 4.78 is 0. The third-order valence-electron chi connectivity index (χ3n) is 3.48. The van der Waals surface area contributed by atoms with Crippen molar-refractivity contribution in [2.75, 3.05) is 11.9 Å². The number of benzene rings is 2. The Hall–Kier alpha value is -2.31. The Balaban J connectivity index is 1.98. The Labute approximate surface area is 125 Å². The second-order valence-corrected chi connectivity index (χ2v) is 5.41. The average Bonchev–Trinajstić information content (AvgIpc) is 2.53. The Morgan fingerprint density at radius 2 is 1.76 bits per heavy atom. The number of hydrogen-bond acceptors (Lipinski definition) is 3. The van der Waals surface area contributed by atoms with Gasteiger partial charge in [0.1, 0.15) is 0 Å². The smallest absolute Gasteiger partial charge is 0.0992 e. The van der Waals surface area contributed by atoms with Crippen LogP contribution in [0.15, 0.2) is 48.5 Å². The number of nitrogens with one attached hydrogen (secondary N) is 1. The van der Waals surface area contributed by atoms with Crippen LogP contribution in [0, 0.1) is 11.3 Å². The van der Waals surface area contributed by atoms with Crippen molar-refractivity contribution in [1.82, 2.24) is 0 Å². The van der Waals surface area contributed by atoms with Crippen molar-refractivity contribution < 1.29 is 5.11 Å². The molecule has 1 atom stereocenters. The molecule has 0 aromatic heterocycles. The van der Waals surface area contributed by atoms with E-state index < -0.39 is 6.10 Å². The molecule has 0 radical (unpaired) electrons. The molecule has 0 aliphatic carbocycles. The molecule has 0 aliphatic rings. The lowest BCUT2D eigenvalue weighted by molar-refractivity contribution is 0.191. The van der Waals surface area contributed by atoms with Crippen molar-refractivity contribution in [3.63, 3.8) is 0 Å². The number of aliphatic hydroxyl groups excluding tert-OH is 1. The Bertz CT molecular complexity index is 626. The van der Waals surface area contributed by atoms with Gasteiger partial charge in [-0.05, 0) is 35.2 Å². The average molecular weight is 280 g/mol. The molecule has 0 saturated carbocycles. The van der Waals surface area contributed by atoms with Gasteiger partial charge in [-0.1, -0.05) is 44.2 Å². The van der Waals surface area contributed by atoms with Crippen LogP contribution < -0.4 is 5.32 Å². The molecule has 0 amide bonds. The fourth-order valence-electron chi connectivity index (χ4n) is 2.13. The quantitative estimate of drug-likeness (QED) is 0.875. The first-order valence-corrected chi connectivity index (χ1v) is 7.12. The lowest BCUT2D eigenvalue weighted by Crippen LogP contribution is -2.12. The third-order valence-corrected chi connectivity index (χ3v) is 3.48. The van der Waals surface area contributed by atoms with Crippen LogP contribution in [-0.4, -0.2) is 11.7 Å². The molecule has 0 fully saturated rings. The molecule has 108 valence electrons. The summed E-state index contributed by atoms with van der Waals surface area (Å²) in [5.74, 6) is 0.489. The Morgan fingerprint density at radius 1 is 1.10 bits per heavy atom.